The fraction of sp³-hybridized carbons (Fsp3) is 0.267. The van der Waals surface area contributed by atoms with E-state index in [4.69, 9.17) is 18.9 Å². The Morgan fingerprint density at radius 2 is 1.39 bits per heavy atom. The first-order valence-corrected chi connectivity index (χ1v) is 12.4. The topological polar surface area (TPSA) is 95.1 Å². The molecule has 0 saturated heterocycles. The Hall–Kier alpha value is -3.98. The fourth-order valence-electron chi connectivity index (χ4n) is 2.85. The number of esters is 1. The Morgan fingerprint density at radius 1 is 0.737 bits per heavy atom. The third-order valence-electron chi connectivity index (χ3n) is 4.72. The molecule has 0 radical (unpaired) electrons. The number of carbonyl (C=O) groups is 2. The van der Waals surface area contributed by atoms with Crippen LogP contribution in [0.2, 0.25) is 0 Å². The molecule has 38 heavy (non-hydrogen) atoms. The van der Waals surface area contributed by atoms with Crippen LogP contribution < -0.4 is 20.1 Å². The summed E-state index contributed by atoms with van der Waals surface area (Å²) < 4.78 is 21.8. The summed E-state index contributed by atoms with van der Waals surface area (Å²) in [6.45, 7) is 3.76. The van der Waals surface area contributed by atoms with E-state index >= 15 is 0 Å². The lowest BCUT2D eigenvalue weighted by molar-refractivity contribution is -0.129. The summed E-state index contributed by atoms with van der Waals surface area (Å²) >= 11 is 0. The van der Waals surface area contributed by atoms with Gasteiger partial charge in [0.25, 0.3) is 0 Å². The highest BCUT2D eigenvalue weighted by molar-refractivity contribution is 5.87. The number of carbonyl (C=O) groups excluding carboxylic acids is 2. The van der Waals surface area contributed by atoms with Crippen LogP contribution in [0.1, 0.15) is 5.56 Å². The molecule has 0 atom stereocenters. The molecule has 8 heteroatoms. The average Bonchev–Trinajstić information content (AvgIpc) is 2.93. The minimum atomic E-state index is -0.499. The van der Waals surface area contributed by atoms with E-state index in [1.807, 2.05) is 43.4 Å². The van der Waals surface area contributed by atoms with Crippen molar-refractivity contribution in [3.63, 3.8) is 0 Å². The van der Waals surface area contributed by atoms with Gasteiger partial charge in [-0.3, -0.25) is 4.79 Å². The van der Waals surface area contributed by atoms with Crippen LogP contribution in [-0.4, -0.2) is 58.4 Å². The van der Waals surface area contributed by atoms with E-state index in [2.05, 4.69) is 10.6 Å². The van der Waals surface area contributed by atoms with Gasteiger partial charge in [0.2, 0.25) is 5.91 Å². The molecule has 2 N–H and O–H groups in total. The molecular formula is C30H36N2O6. The maximum Gasteiger partial charge on any atom is 0.336 e. The van der Waals surface area contributed by atoms with E-state index in [-0.39, 0.29) is 5.91 Å². The highest BCUT2D eigenvalue weighted by Crippen LogP contribution is 2.20. The van der Waals surface area contributed by atoms with Crippen molar-refractivity contribution in [2.75, 3.05) is 46.6 Å². The minimum Gasteiger partial charge on any atom is -0.489 e. The second-order valence-electron chi connectivity index (χ2n) is 7.78. The van der Waals surface area contributed by atoms with Crippen molar-refractivity contribution >= 4 is 11.9 Å². The maximum atomic E-state index is 12.0. The second kappa shape index (κ2) is 20.1. The molecule has 0 spiro atoms. The zero-order chi connectivity index (χ0) is 27.1. The predicted molar refractivity (Wildman–Crippen MR) is 148 cm³/mol. The second-order valence-corrected chi connectivity index (χ2v) is 7.78. The summed E-state index contributed by atoms with van der Waals surface area (Å²) in [5.74, 6) is 0.313. The maximum absolute atomic E-state index is 12.0. The predicted octanol–water partition coefficient (Wildman–Crippen LogP) is 3.76. The Labute approximate surface area is 224 Å². The van der Waals surface area contributed by atoms with Crippen molar-refractivity contribution < 1.29 is 28.5 Å². The van der Waals surface area contributed by atoms with Crippen molar-refractivity contribution in [2.45, 2.75) is 6.61 Å². The standard InChI is InChI=1S/C30H36N2O6/c1-31-18-20-35-22-23-36-21-19-32-29(33)16-9-4-2-3-5-10-17-30(34)38-28-15-11-14-27(24-28)37-25-26-12-7-6-8-13-26/h2-17,24,31H,18-23,25H2,1H3,(H,32,33). The third kappa shape index (κ3) is 15.2. The van der Waals surface area contributed by atoms with Crippen LogP contribution in [0, 0.1) is 0 Å². The molecular weight excluding hydrogens is 484 g/mol. The zero-order valence-electron chi connectivity index (χ0n) is 21.7. The Balaban J connectivity index is 1.58. The number of likely N-dealkylation sites (N-methyl/N-ethyl adjacent to an activating group) is 1. The van der Waals surface area contributed by atoms with Crippen molar-refractivity contribution in [1.29, 1.82) is 0 Å². The van der Waals surface area contributed by atoms with Crippen LogP contribution in [0.3, 0.4) is 0 Å². The summed E-state index contributed by atoms with van der Waals surface area (Å²) in [7, 11) is 1.87. The fourth-order valence-corrected chi connectivity index (χ4v) is 2.85. The molecule has 0 aliphatic carbocycles. The SMILES string of the molecule is CNCCOCCOCCNC(=O)C=CC=CC=CC=CC(=O)Oc1cccc(OCc2ccccc2)c1. The molecule has 0 aromatic heterocycles. The number of nitrogens with one attached hydrogen (secondary N) is 2. The highest BCUT2D eigenvalue weighted by Gasteiger charge is 2.03. The minimum absolute atomic E-state index is 0.204. The largest absolute Gasteiger partial charge is 0.489 e. The highest BCUT2D eigenvalue weighted by atomic mass is 16.5. The van der Waals surface area contributed by atoms with Crippen LogP contribution in [-0.2, 0) is 25.7 Å². The molecule has 0 saturated carbocycles. The van der Waals surface area contributed by atoms with Crippen LogP contribution in [0.25, 0.3) is 0 Å². The van der Waals surface area contributed by atoms with Crippen LogP contribution in [0.5, 0.6) is 11.5 Å². The van der Waals surface area contributed by atoms with E-state index in [9.17, 15) is 9.59 Å². The molecule has 1 amide bonds. The zero-order valence-corrected chi connectivity index (χ0v) is 21.7. The van der Waals surface area contributed by atoms with E-state index in [1.54, 1.807) is 54.7 Å². The number of amides is 1. The molecule has 0 fully saturated rings. The quantitative estimate of drug-likeness (QED) is 0.102. The molecule has 2 rings (SSSR count). The van der Waals surface area contributed by atoms with Crippen molar-refractivity contribution in [3.8, 4) is 11.5 Å². The number of allylic oxidation sites excluding steroid dienone is 6. The molecule has 0 unspecified atom stereocenters. The van der Waals surface area contributed by atoms with Gasteiger partial charge in [0.05, 0.1) is 26.4 Å². The number of benzene rings is 2. The first-order valence-electron chi connectivity index (χ1n) is 12.4. The number of hydrogen-bond acceptors (Lipinski definition) is 7. The molecule has 202 valence electrons. The van der Waals surface area contributed by atoms with E-state index in [1.165, 1.54) is 12.2 Å². The molecule has 0 heterocycles. The van der Waals surface area contributed by atoms with Gasteiger partial charge in [-0.1, -0.05) is 72.9 Å². The van der Waals surface area contributed by atoms with Crippen molar-refractivity contribution in [3.05, 3.63) is 109 Å². The molecule has 0 aliphatic heterocycles. The van der Waals surface area contributed by atoms with Crippen molar-refractivity contribution in [1.82, 2.24) is 10.6 Å². The number of rotatable bonds is 18. The van der Waals surface area contributed by atoms with Gasteiger partial charge < -0.3 is 29.6 Å². The normalized spacial score (nSPS) is 11.6. The Bertz CT molecular complexity index is 1060. The van der Waals surface area contributed by atoms with Gasteiger partial charge in [0.15, 0.2) is 0 Å². The van der Waals surface area contributed by atoms with Gasteiger partial charge in [-0.2, -0.15) is 0 Å². The number of ether oxygens (including phenoxy) is 4. The van der Waals surface area contributed by atoms with Gasteiger partial charge >= 0.3 is 5.97 Å². The molecule has 8 nitrogen and oxygen atoms in total. The van der Waals surface area contributed by atoms with Gasteiger partial charge in [0, 0.05) is 31.3 Å². The molecule has 0 aliphatic rings. The first-order chi connectivity index (χ1) is 18.7. The average molecular weight is 521 g/mol. The lowest BCUT2D eigenvalue weighted by atomic mass is 10.2. The van der Waals surface area contributed by atoms with E-state index in [0.717, 1.165) is 12.1 Å². The summed E-state index contributed by atoms with van der Waals surface area (Å²) in [5.41, 5.74) is 1.05. The molecule has 0 bridgehead atoms. The Kier molecular flexibility index (Phi) is 16.0. The Morgan fingerprint density at radius 3 is 2.13 bits per heavy atom. The first kappa shape index (κ1) is 30.2. The van der Waals surface area contributed by atoms with Gasteiger partial charge in [-0.15, -0.1) is 0 Å². The van der Waals surface area contributed by atoms with Crippen LogP contribution >= 0.6 is 0 Å². The lowest BCUT2D eigenvalue weighted by Gasteiger charge is -2.08. The smallest absolute Gasteiger partial charge is 0.336 e. The summed E-state index contributed by atoms with van der Waals surface area (Å²) in [6.07, 6.45) is 12.8. The van der Waals surface area contributed by atoms with E-state index < -0.39 is 5.97 Å². The van der Waals surface area contributed by atoms with E-state index in [0.29, 0.717) is 51.1 Å². The summed E-state index contributed by atoms with van der Waals surface area (Å²) in [4.78, 5) is 23.8. The molecule has 2 aromatic carbocycles. The lowest BCUT2D eigenvalue weighted by Crippen LogP contribution is -2.26. The van der Waals surface area contributed by atoms with Gasteiger partial charge in [0.1, 0.15) is 18.1 Å². The van der Waals surface area contributed by atoms with Gasteiger partial charge in [-0.05, 0) is 24.7 Å². The third-order valence-corrected chi connectivity index (χ3v) is 4.72. The van der Waals surface area contributed by atoms with Crippen molar-refractivity contribution in [2.24, 2.45) is 0 Å². The monoisotopic (exact) mass is 520 g/mol. The van der Waals surface area contributed by atoms with Crippen LogP contribution in [0.4, 0.5) is 0 Å². The van der Waals surface area contributed by atoms with Crippen LogP contribution in [0.15, 0.2) is 103 Å². The summed E-state index contributed by atoms with van der Waals surface area (Å²) in [5, 5.41) is 5.72. The summed E-state index contributed by atoms with van der Waals surface area (Å²) in [6, 6.07) is 16.8. The molecule has 2 aromatic rings. The number of hydrogen-bond donors (Lipinski definition) is 2. The van der Waals surface area contributed by atoms with Gasteiger partial charge in [-0.25, -0.2) is 4.79 Å².